The fourth-order valence-corrected chi connectivity index (χ4v) is 1.35. The van der Waals surface area contributed by atoms with Gasteiger partial charge >= 0.3 is 5.97 Å². The van der Waals surface area contributed by atoms with E-state index in [1.165, 1.54) is 0 Å². The molecule has 1 atom stereocenters. The number of nitrogens with one attached hydrogen (secondary N) is 1. The second-order valence-corrected chi connectivity index (χ2v) is 4.21. The van der Waals surface area contributed by atoms with Crippen LogP contribution in [0.1, 0.15) is 20.3 Å². The monoisotopic (exact) mass is 256 g/mol. The van der Waals surface area contributed by atoms with Gasteiger partial charge in [0.15, 0.2) is 0 Å². The zero-order valence-corrected chi connectivity index (χ0v) is 10.2. The van der Waals surface area contributed by atoms with Gasteiger partial charge in [0.1, 0.15) is 6.54 Å². The number of nitrogens with two attached hydrogens (primary N) is 1. The number of hydrogen-bond acceptors (Lipinski definition) is 6. The number of nitrogens with zero attached hydrogens (tertiary/aromatic N) is 4. The van der Waals surface area contributed by atoms with Crippen LogP contribution in [-0.2, 0) is 16.1 Å². The number of aromatic nitrogens is 4. The Morgan fingerprint density at radius 3 is 2.61 bits per heavy atom. The molecule has 1 amide bonds. The Balaban J connectivity index is 2.56. The Kier molecular flexibility index (Phi) is 4.58. The molecule has 0 spiro atoms. The van der Waals surface area contributed by atoms with E-state index in [2.05, 4.69) is 20.8 Å². The summed E-state index contributed by atoms with van der Waals surface area (Å²) in [4.78, 5) is 22.3. The summed E-state index contributed by atoms with van der Waals surface area (Å²) in [5.41, 5.74) is 5.41. The Hall–Kier alpha value is -2.19. The van der Waals surface area contributed by atoms with Crippen molar-refractivity contribution in [3.63, 3.8) is 0 Å². The summed E-state index contributed by atoms with van der Waals surface area (Å²) >= 11 is 0. The third kappa shape index (κ3) is 4.00. The standard InChI is InChI=1S/C9H16N6O3/c1-5(2)6(3-8(17)18)11-7(16)4-15-9(10)12-13-14-15/h5-6H,3-4H2,1-2H3,(H,11,16)(H,17,18)(H2,10,12,14). The van der Waals surface area contributed by atoms with E-state index >= 15 is 0 Å². The molecule has 0 bridgehead atoms. The van der Waals surface area contributed by atoms with Crippen molar-refractivity contribution in [3.05, 3.63) is 0 Å². The maximum absolute atomic E-state index is 11.7. The predicted molar refractivity (Wildman–Crippen MR) is 61.3 cm³/mol. The Labute approximate surface area is 103 Å². The molecule has 4 N–H and O–H groups in total. The van der Waals surface area contributed by atoms with Crippen molar-refractivity contribution >= 4 is 17.8 Å². The number of amides is 1. The molecule has 0 aliphatic rings. The molecule has 1 unspecified atom stereocenters. The number of carboxylic acid groups (broad SMARTS) is 1. The second-order valence-electron chi connectivity index (χ2n) is 4.21. The van der Waals surface area contributed by atoms with Crippen LogP contribution in [0.25, 0.3) is 0 Å². The lowest BCUT2D eigenvalue weighted by Gasteiger charge is -2.20. The highest BCUT2D eigenvalue weighted by atomic mass is 16.4. The highest BCUT2D eigenvalue weighted by Gasteiger charge is 2.20. The molecule has 18 heavy (non-hydrogen) atoms. The predicted octanol–water partition coefficient (Wildman–Crippen LogP) is -1.13. The summed E-state index contributed by atoms with van der Waals surface area (Å²) < 4.78 is 1.13. The second kappa shape index (κ2) is 5.94. The van der Waals surface area contributed by atoms with Gasteiger partial charge in [-0.15, -0.1) is 0 Å². The Morgan fingerprint density at radius 2 is 2.17 bits per heavy atom. The Morgan fingerprint density at radius 1 is 1.50 bits per heavy atom. The maximum Gasteiger partial charge on any atom is 0.305 e. The minimum absolute atomic E-state index is 0.0104. The fourth-order valence-electron chi connectivity index (χ4n) is 1.35. The third-order valence-corrected chi connectivity index (χ3v) is 2.40. The number of tetrazole rings is 1. The first-order chi connectivity index (χ1) is 8.40. The molecule has 100 valence electrons. The molecule has 0 saturated heterocycles. The molecule has 1 rings (SSSR count). The van der Waals surface area contributed by atoms with Gasteiger partial charge in [0.2, 0.25) is 11.9 Å². The molecule has 1 heterocycles. The van der Waals surface area contributed by atoms with E-state index in [9.17, 15) is 9.59 Å². The maximum atomic E-state index is 11.7. The van der Waals surface area contributed by atoms with Gasteiger partial charge in [0, 0.05) is 6.04 Å². The van der Waals surface area contributed by atoms with Gasteiger partial charge in [-0.3, -0.25) is 9.59 Å². The van der Waals surface area contributed by atoms with Crippen molar-refractivity contribution in [2.45, 2.75) is 32.9 Å². The minimum atomic E-state index is -0.962. The minimum Gasteiger partial charge on any atom is -0.481 e. The van der Waals surface area contributed by atoms with E-state index in [4.69, 9.17) is 10.8 Å². The molecule has 0 saturated carbocycles. The van der Waals surface area contributed by atoms with E-state index in [0.717, 1.165) is 4.68 Å². The lowest BCUT2D eigenvalue weighted by molar-refractivity contribution is -0.138. The molecular formula is C9H16N6O3. The molecule has 9 heteroatoms. The lowest BCUT2D eigenvalue weighted by Crippen LogP contribution is -2.41. The van der Waals surface area contributed by atoms with Crippen LogP contribution < -0.4 is 11.1 Å². The van der Waals surface area contributed by atoms with Crippen LogP contribution in [0.4, 0.5) is 5.95 Å². The number of nitrogen functional groups attached to an aromatic ring is 1. The van der Waals surface area contributed by atoms with Crippen molar-refractivity contribution in [2.24, 2.45) is 5.92 Å². The number of carbonyl (C=O) groups excluding carboxylic acids is 1. The summed E-state index contributed by atoms with van der Waals surface area (Å²) in [6, 6.07) is -0.437. The first kappa shape index (κ1) is 13.9. The summed E-state index contributed by atoms with van der Waals surface area (Å²) in [7, 11) is 0. The topological polar surface area (TPSA) is 136 Å². The summed E-state index contributed by atoms with van der Waals surface area (Å²) in [5.74, 6) is -1.30. The van der Waals surface area contributed by atoms with Gasteiger partial charge in [0.05, 0.1) is 6.42 Å². The van der Waals surface area contributed by atoms with Gasteiger partial charge in [-0.25, -0.2) is 4.68 Å². The summed E-state index contributed by atoms with van der Waals surface area (Å²) in [6.45, 7) is 3.53. The van der Waals surface area contributed by atoms with Gasteiger partial charge in [-0.05, 0) is 16.3 Å². The number of carboxylic acids is 1. The van der Waals surface area contributed by atoms with Crippen molar-refractivity contribution < 1.29 is 14.7 Å². The molecule has 0 aliphatic heterocycles. The summed E-state index contributed by atoms with van der Waals surface area (Å²) in [6.07, 6.45) is -0.130. The van der Waals surface area contributed by atoms with Crippen LogP contribution in [0.3, 0.4) is 0 Å². The van der Waals surface area contributed by atoms with Crippen LogP contribution >= 0.6 is 0 Å². The van der Waals surface area contributed by atoms with Crippen LogP contribution in [0, 0.1) is 5.92 Å². The SMILES string of the molecule is CC(C)C(CC(=O)O)NC(=O)Cn1nnnc1N. The normalized spacial score (nSPS) is 12.4. The molecule has 1 aromatic rings. The smallest absolute Gasteiger partial charge is 0.305 e. The van der Waals surface area contributed by atoms with E-state index < -0.39 is 12.0 Å². The molecule has 0 radical (unpaired) electrons. The van der Waals surface area contributed by atoms with Crippen molar-refractivity contribution in [1.82, 2.24) is 25.5 Å². The lowest BCUT2D eigenvalue weighted by atomic mass is 10.0. The molecule has 1 aromatic heterocycles. The van der Waals surface area contributed by atoms with Gasteiger partial charge in [-0.1, -0.05) is 18.9 Å². The molecule has 0 fully saturated rings. The van der Waals surface area contributed by atoms with E-state index in [0.29, 0.717) is 0 Å². The first-order valence-corrected chi connectivity index (χ1v) is 5.43. The molecule has 9 nitrogen and oxygen atoms in total. The average Bonchev–Trinajstić information content (AvgIpc) is 2.62. The molecular weight excluding hydrogens is 240 g/mol. The zero-order valence-electron chi connectivity index (χ0n) is 10.2. The number of rotatable bonds is 6. The van der Waals surface area contributed by atoms with Crippen LogP contribution in [0.15, 0.2) is 0 Å². The van der Waals surface area contributed by atoms with Crippen molar-refractivity contribution in [2.75, 3.05) is 5.73 Å². The van der Waals surface area contributed by atoms with Crippen molar-refractivity contribution in [3.8, 4) is 0 Å². The van der Waals surface area contributed by atoms with Crippen LogP contribution in [0.2, 0.25) is 0 Å². The van der Waals surface area contributed by atoms with Crippen LogP contribution in [0.5, 0.6) is 0 Å². The van der Waals surface area contributed by atoms with Gasteiger partial charge in [-0.2, -0.15) is 0 Å². The molecule has 0 aromatic carbocycles. The Bertz CT molecular complexity index is 430. The number of carbonyl (C=O) groups is 2. The first-order valence-electron chi connectivity index (χ1n) is 5.43. The number of anilines is 1. The largest absolute Gasteiger partial charge is 0.481 e. The quantitative estimate of drug-likeness (QED) is 0.585. The van der Waals surface area contributed by atoms with Crippen LogP contribution in [-0.4, -0.2) is 43.2 Å². The fraction of sp³-hybridized carbons (Fsp3) is 0.667. The van der Waals surface area contributed by atoms with Crippen molar-refractivity contribution in [1.29, 1.82) is 0 Å². The van der Waals surface area contributed by atoms with Gasteiger partial charge in [0.25, 0.3) is 0 Å². The highest BCUT2D eigenvalue weighted by Crippen LogP contribution is 2.06. The van der Waals surface area contributed by atoms with E-state index in [1.807, 2.05) is 13.8 Å². The third-order valence-electron chi connectivity index (χ3n) is 2.40. The summed E-state index contributed by atoms with van der Waals surface area (Å²) in [5, 5.41) is 21.6. The number of aliphatic carboxylic acids is 1. The number of hydrogen-bond donors (Lipinski definition) is 3. The van der Waals surface area contributed by atoms with E-state index in [1.54, 1.807) is 0 Å². The average molecular weight is 256 g/mol. The molecule has 0 aliphatic carbocycles. The van der Waals surface area contributed by atoms with Gasteiger partial charge < -0.3 is 16.2 Å². The zero-order chi connectivity index (χ0) is 13.7. The van der Waals surface area contributed by atoms with E-state index in [-0.39, 0.29) is 30.7 Å². The highest BCUT2D eigenvalue weighted by molar-refractivity contribution is 5.77.